The molecule has 0 radical (unpaired) electrons. The van der Waals surface area contributed by atoms with Crippen molar-refractivity contribution >= 4 is 52.2 Å². The fourth-order valence-corrected chi connectivity index (χ4v) is 5.89. The summed E-state index contributed by atoms with van der Waals surface area (Å²) in [5, 5.41) is 20.9. The third-order valence-electron chi connectivity index (χ3n) is 9.44. The molecule has 1 unspecified atom stereocenters. The number of amides is 4. The number of fused-ring (bicyclic) bond motifs is 1. The van der Waals surface area contributed by atoms with Crippen LogP contribution < -0.4 is 27.0 Å². The standard InChI is InChI=1S/C41H58N6O7/c1-5-6-8-15-32-25-34-31(16-13-17-35(34)47-38(32)42)14-9-7-12-24-43-41(53)54-26-30-20-22-33(23-21-30)46-40(52)29(4)45-39(51)27(2)28(3)44-36(48)18-10-11-19-37(49)50/h13,16-17,20-23,25,27-29H,5-12,14-15,18-19,24,26H2,1-4H3,(H2,42,47)(H,43,53)(H,44,48)(H,45,51)(H,46,52)(H,49,50)/t27-,28?,29-/m0/s1. The van der Waals surface area contributed by atoms with Crippen molar-refractivity contribution in [1.82, 2.24) is 20.9 Å². The van der Waals surface area contributed by atoms with E-state index >= 15 is 0 Å². The number of carboxylic acids is 1. The van der Waals surface area contributed by atoms with Crippen LogP contribution in [0.3, 0.4) is 0 Å². The summed E-state index contributed by atoms with van der Waals surface area (Å²) in [6.45, 7) is 7.70. The highest BCUT2D eigenvalue weighted by Crippen LogP contribution is 2.25. The van der Waals surface area contributed by atoms with Crippen LogP contribution in [0.5, 0.6) is 0 Å². The third kappa shape index (κ3) is 15.0. The average molecular weight is 747 g/mol. The van der Waals surface area contributed by atoms with Crippen molar-refractivity contribution in [3.63, 3.8) is 0 Å². The van der Waals surface area contributed by atoms with Crippen molar-refractivity contribution < 1.29 is 33.8 Å². The molecule has 1 heterocycles. The molecule has 2 aromatic carbocycles. The fourth-order valence-electron chi connectivity index (χ4n) is 5.89. The normalized spacial score (nSPS) is 12.7. The molecule has 0 bridgehead atoms. The molecule has 54 heavy (non-hydrogen) atoms. The van der Waals surface area contributed by atoms with Gasteiger partial charge in [0, 0.05) is 36.5 Å². The first-order valence-electron chi connectivity index (χ1n) is 19.2. The Labute approximate surface area is 318 Å². The van der Waals surface area contributed by atoms with E-state index in [4.69, 9.17) is 15.6 Å². The topological polar surface area (TPSA) is 202 Å². The maximum atomic E-state index is 12.7. The van der Waals surface area contributed by atoms with Crippen LogP contribution in [-0.4, -0.2) is 58.5 Å². The van der Waals surface area contributed by atoms with Gasteiger partial charge in [0.25, 0.3) is 0 Å². The number of benzene rings is 2. The molecule has 13 nitrogen and oxygen atoms in total. The van der Waals surface area contributed by atoms with E-state index in [0.717, 1.165) is 61.6 Å². The minimum atomic E-state index is -0.904. The molecule has 3 aromatic rings. The van der Waals surface area contributed by atoms with Gasteiger partial charge in [-0.2, -0.15) is 0 Å². The lowest BCUT2D eigenvalue weighted by Gasteiger charge is -2.23. The zero-order chi connectivity index (χ0) is 39.5. The highest BCUT2D eigenvalue weighted by molar-refractivity contribution is 5.97. The van der Waals surface area contributed by atoms with Gasteiger partial charge in [-0.05, 0) is 99.7 Å². The minimum absolute atomic E-state index is 0.00488. The molecule has 0 fully saturated rings. The molecule has 0 spiro atoms. The molecule has 0 aliphatic carbocycles. The van der Waals surface area contributed by atoms with Crippen molar-refractivity contribution in [2.24, 2.45) is 5.92 Å². The second-order valence-corrected chi connectivity index (χ2v) is 13.9. The Bertz CT molecular complexity index is 1700. The van der Waals surface area contributed by atoms with Gasteiger partial charge in [0.2, 0.25) is 17.7 Å². The number of hydrogen-bond donors (Lipinski definition) is 6. The molecule has 3 rings (SSSR count). The van der Waals surface area contributed by atoms with Crippen LogP contribution in [0.1, 0.15) is 109 Å². The smallest absolute Gasteiger partial charge is 0.407 e. The molecule has 294 valence electrons. The van der Waals surface area contributed by atoms with Crippen LogP contribution in [0.25, 0.3) is 10.9 Å². The Morgan fingerprint density at radius 2 is 1.52 bits per heavy atom. The first-order chi connectivity index (χ1) is 25.9. The van der Waals surface area contributed by atoms with Crippen LogP contribution in [0.15, 0.2) is 48.5 Å². The SMILES string of the molecule is CCCCCc1cc2c(CCCCCNC(=O)OCc3ccc(NC(=O)[C@H](C)NC(=O)[C@@H](C)C(C)NC(=O)CCCCC(=O)O)cc3)cccc2nc1N. The molecule has 7 N–H and O–H groups in total. The first-order valence-corrected chi connectivity index (χ1v) is 19.2. The number of rotatable bonds is 23. The van der Waals surface area contributed by atoms with E-state index < -0.39 is 41.9 Å². The van der Waals surface area contributed by atoms with Crippen molar-refractivity contribution in [3.8, 4) is 0 Å². The number of nitrogens with zero attached hydrogens (tertiary/aromatic N) is 1. The van der Waals surface area contributed by atoms with Crippen LogP contribution >= 0.6 is 0 Å². The summed E-state index contributed by atoms with van der Waals surface area (Å²) >= 11 is 0. The van der Waals surface area contributed by atoms with Gasteiger partial charge < -0.3 is 36.8 Å². The zero-order valence-corrected chi connectivity index (χ0v) is 32.2. The van der Waals surface area contributed by atoms with E-state index in [-0.39, 0.29) is 25.4 Å². The number of ether oxygens (including phenoxy) is 1. The maximum Gasteiger partial charge on any atom is 0.407 e. The Kier molecular flexibility index (Phi) is 18.2. The van der Waals surface area contributed by atoms with Gasteiger partial charge >= 0.3 is 12.1 Å². The largest absolute Gasteiger partial charge is 0.481 e. The van der Waals surface area contributed by atoms with Crippen LogP contribution in [0, 0.1) is 5.92 Å². The van der Waals surface area contributed by atoms with Crippen molar-refractivity contribution in [2.45, 2.75) is 123 Å². The fraction of sp³-hybridized carbons (Fsp3) is 0.512. The van der Waals surface area contributed by atoms with Crippen molar-refractivity contribution in [3.05, 3.63) is 65.2 Å². The zero-order valence-electron chi connectivity index (χ0n) is 32.2. The Morgan fingerprint density at radius 3 is 2.24 bits per heavy atom. The number of anilines is 2. The molecule has 1 aromatic heterocycles. The van der Waals surface area contributed by atoms with Crippen molar-refractivity contribution in [1.29, 1.82) is 0 Å². The minimum Gasteiger partial charge on any atom is -0.481 e. The molecule has 0 aliphatic rings. The van der Waals surface area contributed by atoms with E-state index in [1.54, 1.807) is 45.0 Å². The summed E-state index contributed by atoms with van der Waals surface area (Å²) in [6.07, 6.45) is 8.60. The average Bonchev–Trinajstić information content (AvgIpc) is 3.14. The third-order valence-corrected chi connectivity index (χ3v) is 9.44. The number of aromatic nitrogens is 1. The molecule has 0 saturated carbocycles. The van der Waals surface area contributed by atoms with Gasteiger partial charge in [0.15, 0.2) is 0 Å². The van der Waals surface area contributed by atoms with Gasteiger partial charge in [0.1, 0.15) is 18.5 Å². The van der Waals surface area contributed by atoms with Gasteiger partial charge in [-0.15, -0.1) is 0 Å². The number of pyridine rings is 1. The summed E-state index contributed by atoms with van der Waals surface area (Å²) in [7, 11) is 0. The molecule has 3 atom stereocenters. The second kappa shape index (κ2) is 22.8. The quantitative estimate of drug-likeness (QED) is 0.0593. The molecule has 4 amide bonds. The highest BCUT2D eigenvalue weighted by Gasteiger charge is 2.25. The summed E-state index contributed by atoms with van der Waals surface area (Å²) in [5.41, 5.74) is 10.8. The van der Waals surface area contributed by atoms with Gasteiger partial charge in [-0.1, -0.05) is 57.4 Å². The lowest BCUT2D eigenvalue weighted by Crippen LogP contribution is -2.48. The predicted molar refractivity (Wildman–Crippen MR) is 211 cm³/mol. The number of carbonyl (C=O) groups is 5. The Hall–Kier alpha value is -5.20. The molecule has 0 saturated heterocycles. The number of alkyl carbamates (subject to hydrolysis) is 1. The second-order valence-electron chi connectivity index (χ2n) is 13.9. The number of aryl methyl sites for hydroxylation is 2. The number of nitrogen functional groups attached to an aromatic ring is 1. The number of hydrogen-bond acceptors (Lipinski definition) is 8. The molecule has 13 heteroatoms. The Balaban J connectivity index is 1.32. The Morgan fingerprint density at radius 1 is 0.815 bits per heavy atom. The first kappa shape index (κ1) is 43.2. The molecular weight excluding hydrogens is 688 g/mol. The number of carboxylic acid groups (broad SMARTS) is 1. The summed E-state index contributed by atoms with van der Waals surface area (Å²) in [5.74, 6) is -1.95. The molecular formula is C41H58N6O7. The summed E-state index contributed by atoms with van der Waals surface area (Å²) in [4.78, 5) is 65.2. The summed E-state index contributed by atoms with van der Waals surface area (Å²) < 4.78 is 5.36. The number of carbonyl (C=O) groups excluding carboxylic acids is 4. The predicted octanol–water partition coefficient (Wildman–Crippen LogP) is 6.42. The number of unbranched alkanes of at least 4 members (excludes halogenated alkanes) is 5. The van der Waals surface area contributed by atoms with E-state index in [1.165, 1.54) is 17.4 Å². The van der Waals surface area contributed by atoms with Crippen LogP contribution in [0.4, 0.5) is 16.3 Å². The van der Waals surface area contributed by atoms with Crippen LogP contribution in [0.2, 0.25) is 0 Å². The van der Waals surface area contributed by atoms with Gasteiger partial charge in [-0.3, -0.25) is 19.2 Å². The summed E-state index contributed by atoms with van der Waals surface area (Å²) in [6, 6.07) is 13.9. The monoisotopic (exact) mass is 746 g/mol. The van der Waals surface area contributed by atoms with Crippen LogP contribution in [-0.2, 0) is 43.4 Å². The number of aliphatic carboxylic acids is 1. The van der Waals surface area contributed by atoms with E-state index in [9.17, 15) is 24.0 Å². The lowest BCUT2D eigenvalue weighted by atomic mass is 9.99. The van der Waals surface area contributed by atoms with Crippen molar-refractivity contribution in [2.75, 3.05) is 17.6 Å². The molecule has 0 aliphatic heterocycles. The van der Waals surface area contributed by atoms with Gasteiger partial charge in [-0.25, -0.2) is 9.78 Å². The van der Waals surface area contributed by atoms with E-state index in [2.05, 4.69) is 45.3 Å². The van der Waals surface area contributed by atoms with Gasteiger partial charge in [0.05, 0.1) is 11.4 Å². The maximum absolute atomic E-state index is 12.7. The number of nitrogens with one attached hydrogen (secondary N) is 4. The van der Waals surface area contributed by atoms with E-state index in [1.807, 2.05) is 12.1 Å². The van der Waals surface area contributed by atoms with E-state index in [0.29, 0.717) is 30.9 Å². The number of nitrogens with two attached hydrogens (primary N) is 1. The lowest BCUT2D eigenvalue weighted by molar-refractivity contribution is -0.137. The highest BCUT2D eigenvalue weighted by atomic mass is 16.5.